The topological polar surface area (TPSA) is 17.1 Å². The summed E-state index contributed by atoms with van der Waals surface area (Å²) >= 11 is 11.6. The van der Waals surface area contributed by atoms with E-state index in [-0.39, 0.29) is 5.78 Å². The minimum atomic E-state index is -0.529. The summed E-state index contributed by atoms with van der Waals surface area (Å²) in [6, 6.07) is 5.35. The Balaban J connectivity index is 3.20. The van der Waals surface area contributed by atoms with E-state index in [0.29, 0.717) is 10.6 Å². The molecule has 1 unspecified atom stereocenters. The van der Waals surface area contributed by atoms with E-state index < -0.39 is 5.38 Å². The van der Waals surface area contributed by atoms with Gasteiger partial charge in [0.15, 0.2) is 5.78 Å². The molecule has 1 atom stereocenters. The zero-order valence-electron chi connectivity index (χ0n) is 7.47. The molecule has 0 saturated carbocycles. The molecule has 1 rings (SSSR count). The van der Waals surface area contributed by atoms with Crippen LogP contribution in [-0.4, -0.2) is 11.2 Å². The summed E-state index contributed by atoms with van der Waals surface area (Å²) in [5.41, 5.74) is 1.40. The number of hydrogen-bond acceptors (Lipinski definition) is 1. The van der Waals surface area contributed by atoms with Gasteiger partial charge in [-0.3, -0.25) is 4.79 Å². The normalized spacial score (nSPS) is 12.6. The van der Waals surface area contributed by atoms with E-state index in [1.54, 1.807) is 13.0 Å². The Morgan fingerprint density at radius 1 is 1.46 bits per heavy atom. The monoisotopic (exact) mass is 216 g/mol. The molecule has 0 bridgehead atoms. The maximum Gasteiger partial charge on any atom is 0.182 e. The van der Waals surface area contributed by atoms with E-state index in [9.17, 15) is 4.79 Å². The smallest absolute Gasteiger partial charge is 0.182 e. The zero-order chi connectivity index (χ0) is 10.0. The van der Waals surface area contributed by atoms with Crippen molar-refractivity contribution in [3.05, 3.63) is 34.3 Å². The number of carbonyl (C=O) groups is 1. The van der Waals surface area contributed by atoms with Gasteiger partial charge < -0.3 is 0 Å². The van der Waals surface area contributed by atoms with Gasteiger partial charge in [0.25, 0.3) is 0 Å². The standard InChI is InChI=1S/C10H10Cl2O/c1-6-4-3-5-8(12)9(6)10(13)7(2)11/h3-5,7H,1-2H3. The SMILES string of the molecule is Cc1cccc(Cl)c1C(=O)C(C)Cl. The van der Waals surface area contributed by atoms with Crippen molar-refractivity contribution < 1.29 is 4.79 Å². The third-order valence-corrected chi connectivity index (χ3v) is 2.34. The number of Topliss-reactive ketones (excluding diaryl/α,β-unsaturated/α-hetero) is 1. The van der Waals surface area contributed by atoms with Crippen molar-refractivity contribution in [1.29, 1.82) is 0 Å². The Morgan fingerprint density at radius 2 is 2.08 bits per heavy atom. The molecular formula is C10H10Cl2O. The van der Waals surface area contributed by atoms with Gasteiger partial charge in [0, 0.05) is 5.56 Å². The van der Waals surface area contributed by atoms with Gasteiger partial charge >= 0.3 is 0 Å². The van der Waals surface area contributed by atoms with Gasteiger partial charge in [0.05, 0.1) is 10.4 Å². The van der Waals surface area contributed by atoms with Crippen molar-refractivity contribution in [1.82, 2.24) is 0 Å². The maximum absolute atomic E-state index is 11.6. The molecule has 0 aliphatic carbocycles. The lowest BCUT2D eigenvalue weighted by atomic mass is 10.0. The van der Waals surface area contributed by atoms with Gasteiger partial charge in [0.2, 0.25) is 0 Å². The van der Waals surface area contributed by atoms with Crippen molar-refractivity contribution in [2.24, 2.45) is 0 Å². The van der Waals surface area contributed by atoms with Crippen LogP contribution >= 0.6 is 23.2 Å². The molecule has 0 aromatic heterocycles. The molecule has 1 aromatic carbocycles. The van der Waals surface area contributed by atoms with Gasteiger partial charge in [-0.2, -0.15) is 0 Å². The highest BCUT2D eigenvalue weighted by molar-refractivity contribution is 6.39. The number of rotatable bonds is 2. The van der Waals surface area contributed by atoms with Crippen LogP contribution < -0.4 is 0 Å². The van der Waals surface area contributed by atoms with Crippen LogP contribution in [-0.2, 0) is 0 Å². The molecule has 1 aromatic rings. The summed E-state index contributed by atoms with van der Waals surface area (Å²) in [6.07, 6.45) is 0. The Labute approximate surface area is 87.7 Å². The van der Waals surface area contributed by atoms with Crippen LogP contribution in [0.3, 0.4) is 0 Å². The Kier molecular flexibility index (Phi) is 3.34. The number of hydrogen-bond donors (Lipinski definition) is 0. The average Bonchev–Trinajstić information content (AvgIpc) is 2.03. The highest BCUT2D eigenvalue weighted by atomic mass is 35.5. The first-order valence-corrected chi connectivity index (χ1v) is 4.79. The van der Waals surface area contributed by atoms with Crippen LogP contribution in [0, 0.1) is 6.92 Å². The average molecular weight is 217 g/mol. The van der Waals surface area contributed by atoms with Gasteiger partial charge in [-0.05, 0) is 25.5 Å². The molecule has 1 nitrogen and oxygen atoms in total. The summed E-state index contributed by atoms with van der Waals surface area (Å²) in [5, 5.41) is -0.0592. The van der Waals surface area contributed by atoms with Gasteiger partial charge in [-0.1, -0.05) is 23.7 Å². The van der Waals surface area contributed by atoms with Crippen molar-refractivity contribution in [2.75, 3.05) is 0 Å². The van der Waals surface area contributed by atoms with Crippen LogP contribution in [0.1, 0.15) is 22.8 Å². The summed E-state index contributed by atoms with van der Waals surface area (Å²) < 4.78 is 0. The molecule has 13 heavy (non-hydrogen) atoms. The van der Waals surface area contributed by atoms with E-state index in [2.05, 4.69) is 0 Å². The van der Waals surface area contributed by atoms with Crippen molar-refractivity contribution in [2.45, 2.75) is 19.2 Å². The van der Waals surface area contributed by atoms with Crippen LogP contribution in [0.2, 0.25) is 5.02 Å². The zero-order valence-corrected chi connectivity index (χ0v) is 8.99. The van der Waals surface area contributed by atoms with Crippen molar-refractivity contribution in [3.63, 3.8) is 0 Å². The number of benzene rings is 1. The summed E-state index contributed by atoms with van der Waals surface area (Å²) in [4.78, 5) is 11.6. The lowest BCUT2D eigenvalue weighted by Gasteiger charge is -2.07. The van der Waals surface area contributed by atoms with Crippen molar-refractivity contribution >= 4 is 29.0 Å². The number of alkyl halides is 1. The molecule has 0 radical (unpaired) electrons. The van der Waals surface area contributed by atoms with Crippen molar-refractivity contribution in [3.8, 4) is 0 Å². The fourth-order valence-corrected chi connectivity index (χ4v) is 1.57. The highest BCUT2D eigenvalue weighted by Crippen LogP contribution is 2.22. The third-order valence-electron chi connectivity index (χ3n) is 1.83. The number of halogens is 2. The molecule has 0 fully saturated rings. The van der Waals surface area contributed by atoms with E-state index >= 15 is 0 Å². The first-order valence-electron chi connectivity index (χ1n) is 3.97. The van der Waals surface area contributed by atoms with Crippen LogP contribution in [0.15, 0.2) is 18.2 Å². The molecule has 0 aliphatic rings. The molecule has 3 heteroatoms. The number of ketones is 1. The molecule has 0 amide bonds. The predicted octanol–water partition coefficient (Wildman–Crippen LogP) is 3.46. The van der Waals surface area contributed by atoms with E-state index in [1.807, 2.05) is 19.1 Å². The second-order valence-electron chi connectivity index (χ2n) is 2.91. The van der Waals surface area contributed by atoms with Gasteiger partial charge in [-0.25, -0.2) is 0 Å². The number of aryl methyl sites for hydroxylation is 1. The van der Waals surface area contributed by atoms with Gasteiger partial charge in [-0.15, -0.1) is 11.6 Å². The lowest BCUT2D eigenvalue weighted by molar-refractivity contribution is 0.0991. The Bertz CT molecular complexity index is 311. The molecule has 0 heterocycles. The summed E-state index contributed by atoms with van der Waals surface area (Å²) in [7, 11) is 0. The van der Waals surface area contributed by atoms with E-state index in [0.717, 1.165) is 5.56 Å². The summed E-state index contributed by atoms with van der Waals surface area (Å²) in [5.74, 6) is -0.121. The quantitative estimate of drug-likeness (QED) is 0.547. The second kappa shape index (κ2) is 4.12. The maximum atomic E-state index is 11.6. The molecule has 0 aliphatic heterocycles. The minimum absolute atomic E-state index is 0.121. The second-order valence-corrected chi connectivity index (χ2v) is 3.97. The number of carbonyl (C=O) groups excluding carboxylic acids is 1. The van der Waals surface area contributed by atoms with Crippen LogP contribution in [0.5, 0.6) is 0 Å². The lowest BCUT2D eigenvalue weighted by Crippen LogP contribution is -2.12. The first kappa shape index (κ1) is 10.6. The minimum Gasteiger partial charge on any atom is -0.292 e. The van der Waals surface area contributed by atoms with E-state index in [4.69, 9.17) is 23.2 Å². The summed E-state index contributed by atoms with van der Waals surface area (Å²) in [6.45, 7) is 3.49. The largest absolute Gasteiger partial charge is 0.292 e. The van der Waals surface area contributed by atoms with E-state index in [1.165, 1.54) is 0 Å². The Hall–Kier alpha value is -0.530. The molecule has 0 N–H and O–H groups in total. The first-order chi connectivity index (χ1) is 6.04. The Morgan fingerprint density at radius 3 is 2.54 bits per heavy atom. The molecule has 0 saturated heterocycles. The fraction of sp³-hybridized carbons (Fsp3) is 0.300. The van der Waals surface area contributed by atoms with Gasteiger partial charge in [0.1, 0.15) is 0 Å². The highest BCUT2D eigenvalue weighted by Gasteiger charge is 2.17. The third kappa shape index (κ3) is 2.23. The molecule has 0 spiro atoms. The predicted molar refractivity (Wildman–Crippen MR) is 55.8 cm³/mol. The molecular weight excluding hydrogens is 207 g/mol. The van der Waals surface area contributed by atoms with Crippen LogP contribution in [0.4, 0.5) is 0 Å². The molecule has 70 valence electrons. The fourth-order valence-electron chi connectivity index (χ4n) is 1.14. The van der Waals surface area contributed by atoms with Crippen LogP contribution in [0.25, 0.3) is 0 Å².